The predicted octanol–water partition coefficient (Wildman–Crippen LogP) is 2.18. The SMILES string of the molecule is CC(=O)N1CCN(C(=O)c2ccnc(Nc3ccc(Cl)cc3)n2)CC1. The Hall–Kier alpha value is -2.67. The van der Waals surface area contributed by atoms with Gasteiger partial charge in [0.1, 0.15) is 5.69 Å². The first-order chi connectivity index (χ1) is 12.0. The van der Waals surface area contributed by atoms with E-state index in [1.807, 2.05) is 0 Å². The van der Waals surface area contributed by atoms with Crippen molar-refractivity contribution in [3.05, 3.63) is 47.2 Å². The van der Waals surface area contributed by atoms with E-state index in [9.17, 15) is 9.59 Å². The Bertz CT molecular complexity index is 773. The first-order valence-electron chi connectivity index (χ1n) is 7.93. The molecule has 130 valence electrons. The summed E-state index contributed by atoms with van der Waals surface area (Å²) >= 11 is 5.86. The Balaban J connectivity index is 1.67. The van der Waals surface area contributed by atoms with Crippen LogP contribution in [0.1, 0.15) is 17.4 Å². The zero-order chi connectivity index (χ0) is 17.8. The molecule has 3 rings (SSSR count). The molecule has 0 atom stereocenters. The highest BCUT2D eigenvalue weighted by Crippen LogP contribution is 2.17. The summed E-state index contributed by atoms with van der Waals surface area (Å²) in [5.41, 5.74) is 1.10. The van der Waals surface area contributed by atoms with Gasteiger partial charge in [0.15, 0.2) is 0 Å². The molecule has 0 aliphatic carbocycles. The molecule has 8 heteroatoms. The van der Waals surface area contributed by atoms with Crippen LogP contribution in [0.5, 0.6) is 0 Å². The number of anilines is 2. The summed E-state index contributed by atoms with van der Waals surface area (Å²) in [6.07, 6.45) is 1.55. The number of piperazine rings is 1. The van der Waals surface area contributed by atoms with E-state index in [4.69, 9.17) is 11.6 Å². The maximum absolute atomic E-state index is 12.6. The van der Waals surface area contributed by atoms with Crippen molar-refractivity contribution in [3.8, 4) is 0 Å². The molecule has 0 unspecified atom stereocenters. The monoisotopic (exact) mass is 359 g/mol. The highest BCUT2D eigenvalue weighted by molar-refractivity contribution is 6.30. The van der Waals surface area contributed by atoms with Crippen LogP contribution in [0.4, 0.5) is 11.6 Å². The van der Waals surface area contributed by atoms with Gasteiger partial charge >= 0.3 is 0 Å². The van der Waals surface area contributed by atoms with Crippen molar-refractivity contribution in [1.29, 1.82) is 0 Å². The molecule has 2 heterocycles. The number of hydrogen-bond donors (Lipinski definition) is 1. The van der Waals surface area contributed by atoms with E-state index in [1.54, 1.807) is 46.3 Å². The van der Waals surface area contributed by atoms with E-state index >= 15 is 0 Å². The number of halogens is 1. The summed E-state index contributed by atoms with van der Waals surface area (Å²) in [6, 6.07) is 8.72. The van der Waals surface area contributed by atoms with Crippen LogP contribution in [0.25, 0.3) is 0 Å². The van der Waals surface area contributed by atoms with Gasteiger partial charge in [-0.15, -0.1) is 0 Å². The van der Waals surface area contributed by atoms with Gasteiger partial charge in [-0.3, -0.25) is 9.59 Å². The van der Waals surface area contributed by atoms with Crippen LogP contribution >= 0.6 is 11.6 Å². The number of amides is 2. The van der Waals surface area contributed by atoms with Gasteiger partial charge in [0.25, 0.3) is 5.91 Å². The van der Waals surface area contributed by atoms with Crippen LogP contribution in [0.2, 0.25) is 5.02 Å². The fourth-order valence-electron chi connectivity index (χ4n) is 2.59. The first kappa shape index (κ1) is 17.2. The zero-order valence-corrected chi connectivity index (χ0v) is 14.5. The quantitative estimate of drug-likeness (QED) is 0.908. The van der Waals surface area contributed by atoms with Crippen LogP contribution < -0.4 is 5.32 Å². The zero-order valence-electron chi connectivity index (χ0n) is 13.8. The number of benzene rings is 1. The van der Waals surface area contributed by atoms with Crippen LogP contribution in [0, 0.1) is 0 Å². The Morgan fingerprint density at radius 2 is 1.68 bits per heavy atom. The van der Waals surface area contributed by atoms with Gasteiger partial charge in [-0.1, -0.05) is 11.6 Å². The largest absolute Gasteiger partial charge is 0.339 e. The normalized spacial score (nSPS) is 14.3. The Kier molecular flexibility index (Phi) is 5.14. The lowest BCUT2D eigenvalue weighted by Crippen LogP contribution is -2.50. The number of carbonyl (C=O) groups is 2. The average molecular weight is 360 g/mol. The topological polar surface area (TPSA) is 78.4 Å². The number of rotatable bonds is 3. The van der Waals surface area contributed by atoms with Gasteiger partial charge in [-0.25, -0.2) is 9.97 Å². The lowest BCUT2D eigenvalue weighted by Gasteiger charge is -2.34. The summed E-state index contributed by atoms with van der Waals surface area (Å²) in [4.78, 5) is 35.9. The molecule has 0 saturated carbocycles. The molecule has 0 bridgehead atoms. The maximum atomic E-state index is 12.6. The average Bonchev–Trinajstić information content (AvgIpc) is 2.63. The van der Waals surface area contributed by atoms with Gasteiger partial charge in [-0.2, -0.15) is 0 Å². The molecule has 1 aliphatic heterocycles. The second kappa shape index (κ2) is 7.48. The summed E-state index contributed by atoms with van der Waals surface area (Å²) in [7, 11) is 0. The Labute approximate surface area is 150 Å². The van der Waals surface area contributed by atoms with E-state index in [-0.39, 0.29) is 11.8 Å². The van der Waals surface area contributed by atoms with Crippen molar-refractivity contribution in [2.45, 2.75) is 6.92 Å². The molecule has 1 aliphatic rings. The first-order valence-corrected chi connectivity index (χ1v) is 8.31. The summed E-state index contributed by atoms with van der Waals surface area (Å²) in [6.45, 7) is 3.63. The predicted molar refractivity (Wildman–Crippen MR) is 94.9 cm³/mol. The molecule has 1 aromatic heterocycles. The van der Waals surface area contributed by atoms with Crippen molar-refractivity contribution < 1.29 is 9.59 Å². The molecule has 7 nitrogen and oxygen atoms in total. The molecule has 1 fully saturated rings. The lowest BCUT2D eigenvalue weighted by molar-refractivity contribution is -0.130. The minimum absolute atomic E-state index is 0.0311. The number of aromatic nitrogens is 2. The van der Waals surface area contributed by atoms with Gasteiger partial charge in [0.05, 0.1) is 0 Å². The van der Waals surface area contributed by atoms with Gasteiger partial charge < -0.3 is 15.1 Å². The lowest BCUT2D eigenvalue weighted by atomic mass is 10.2. The highest BCUT2D eigenvalue weighted by atomic mass is 35.5. The number of carbonyl (C=O) groups excluding carboxylic acids is 2. The van der Waals surface area contributed by atoms with Gasteiger partial charge in [0.2, 0.25) is 11.9 Å². The van der Waals surface area contributed by atoms with E-state index in [0.717, 1.165) is 5.69 Å². The maximum Gasteiger partial charge on any atom is 0.272 e. The molecule has 1 N–H and O–H groups in total. The Morgan fingerprint density at radius 1 is 1.04 bits per heavy atom. The fraction of sp³-hybridized carbons (Fsp3) is 0.294. The third kappa shape index (κ3) is 4.24. The van der Waals surface area contributed by atoms with Crippen LogP contribution in [-0.4, -0.2) is 57.8 Å². The summed E-state index contributed by atoms with van der Waals surface area (Å²) < 4.78 is 0. The van der Waals surface area contributed by atoms with E-state index in [2.05, 4.69) is 15.3 Å². The molecule has 0 radical (unpaired) electrons. The number of nitrogens with one attached hydrogen (secondary N) is 1. The van der Waals surface area contributed by atoms with Crippen molar-refractivity contribution in [2.24, 2.45) is 0 Å². The van der Waals surface area contributed by atoms with Crippen LogP contribution in [0.3, 0.4) is 0 Å². The molecule has 2 aromatic rings. The second-order valence-electron chi connectivity index (χ2n) is 5.70. The molecule has 1 aromatic carbocycles. The smallest absolute Gasteiger partial charge is 0.272 e. The van der Waals surface area contributed by atoms with Crippen molar-refractivity contribution in [2.75, 3.05) is 31.5 Å². The summed E-state index contributed by atoms with van der Waals surface area (Å²) in [5.74, 6) is 0.212. The molecule has 25 heavy (non-hydrogen) atoms. The second-order valence-corrected chi connectivity index (χ2v) is 6.13. The van der Waals surface area contributed by atoms with Gasteiger partial charge in [0, 0.05) is 50.0 Å². The van der Waals surface area contributed by atoms with Crippen molar-refractivity contribution >= 4 is 35.1 Å². The molecule has 2 amide bonds. The van der Waals surface area contributed by atoms with E-state index < -0.39 is 0 Å². The third-order valence-corrected chi connectivity index (χ3v) is 4.24. The van der Waals surface area contributed by atoms with Crippen molar-refractivity contribution in [3.63, 3.8) is 0 Å². The van der Waals surface area contributed by atoms with Crippen LogP contribution in [0.15, 0.2) is 36.5 Å². The van der Waals surface area contributed by atoms with E-state index in [1.165, 1.54) is 6.92 Å². The van der Waals surface area contributed by atoms with Gasteiger partial charge in [-0.05, 0) is 30.3 Å². The van der Waals surface area contributed by atoms with Crippen molar-refractivity contribution in [1.82, 2.24) is 19.8 Å². The molecule has 1 saturated heterocycles. The fourth-order valence-corrected chi connectivity index (χ4v) is 2.71. The molecular weight excluding hydrogens is 342 g/mol. The molecular formula is C17H18ClN5O2. The number of hydrogen-bond acceptors (Lipinski definition) is 5. The highest BCUT2D eigenvalue weighted by Gasteiger charge is 2.24. The van der Waals surface area contributed by atoms with E-state index in [0.29, 0.717) is 42.8 Å². The summed E-state index contributed by atoms with van der Waals surface area (Å²) in [5, 5.41) is 3.69. The standard InChI is InChI=1S/C17H18ClN5O2/c1-12(24)22-8-10-23(11-9-22)16(25)15-6-7-19-17(21-15)20-14-4-2-13(18)3-5-14/h2-7H,8-11H2,1H3,(H,19,20,21). The van der Waals surface area contributed by atoms with Crippen LogP contribution in [-0.2, 0) is 4.79 Å². The Morgan fingerprint density at radius 3 is 2.32 bits per heavy atom. The minimum Gasteiger partial charge on any atom is -0.339 e. The number of nitrogens with zero attached hydrogens (tertiary/aromatic N) is 4. The third-order valence-electron chi connectivity index (χ3n) is 3.99. The molecule has 0 spiro atoms. The minimum atomic E-state index is -0.162.